The second-order valence-corrected chi connectivity index (χ2v) is 5.23. The summed E-state index contributed by atoms with van der Waals surface area (Å²) in [5.74, 6) is 2.02. The number of hydrogen-bond donors (Lipinski definition) is 2. The number of rotatable bonds is 6. The van der Waals surface area contributed by atoms with Gasteiger partial charge in [0.1, 0.15) is 5.75 Å². The summed E-state index contributed by atoms with van der Waals surface area (Å²) < 4.78 is 5.09. The van der Waals surface area contributed by atoms with Crippen LogP contribution in [-0.2, 0) is 0 Å². The maximum absolute atomic E-state index is 6.04. The van der Waals surface area contributed by atoms with Crippen molar-refractivity contribution in [3.63, 3.8) is 0 Å². The zero-order valence-electron chi connectivity index (χ0n) is 11.2. The first-order valence-corrected chi connectivity index (χ1v) is 6.97. The van der Waals surface area contributed by atoms with Crippen molar-refractivity contribution in [3.8, 4) is 5.75 Å². The molecule has 0 bridgehead atoms. The Balaban J connectivity index is 1.81. The van der Waals surface area contributed by atoms with Gasteiger partial charge in [0, 0.05) is 12.2 Å². The molecule has 1 aliphatic rings. The smallest absolute Gasteiger partial charge is 0.193 e. The van der Waals surface area contributed by atoms with Crippen molar-refractivity contribution in [2.45, 2.75) is 25.7 Å². The van der Waals surface area contributed by atoms with Gasteiger partial charge in [-0.15, -0.1) is 0 Å². The third kappa shape index (κ3) is 4.63. The van der Waals surface area contributed by atoms with Crippen LogP contribution in [0, 0.1) is 5.92 Å². The van der Waals surface area contributed by atoms with E-state index in [-0.39, 0.29) is 0 Å². The fourth-order valence-corrected chi connectivity index (χ4v) is 2.18. The lowest BCUT2D eigenvalue weighted by atomic mass is 10.2. The van der Waals surface area contributed by atoms with Crippen LogP contribution in [-0.4, -0.2) is 19.6 Å². The molecule has 0 atom stereocenters. The Kier molecular flexibility index (Phi) is 4.91. The molecule has 1 saturated carbocycles. The van der Waals surface area contributed by atoms with Gasteiger partial charge in [-0.1, -0.05) is 24.4 Å². The molecule has 1 aromatic carbocycles. The van der Waals surface area contributed by atoms with Gasteiger partial charge in [-0.2, -0.15) is 0 Å². The summed E-state index contributed by atoms with van der Waals surface area (Å²) >= 11 is 6.04. The number of hydrogen-bond acceptors (Lipinski definition) is 2. The second-order valence-electron chi connectivity index (χ2n) is 4.83. The number of nitrogens with zero attached hydrogens (tertiary/aromatic N) is 1. The molecular formula is C14H20ClN3O. The molecule has 0 aromatic heterocycles. The van der Waals surface area contributed by atoms with Crippen molar-refractivity contribution in [2.75, 3.05) is 19.0 Å². The molecule has 5 heteroatoms. The molecule has 0 heterocycles. The van der Waals surface area contributed by atoms with Crippen molar-refractivity contribution >= 4 is 23.2 Å². The van der Waals surface area contributed by atoms with Crippen LogP contribution < -0.4 is 15.8 Å². The minimum Gasteiger partial charge on any atom is -0.495 e. The van der Waals surface area contributed by atoms with Crippen molar-refractivity contribution in [2.24, 2.45) is 16.6 Å². The third-order valence-corrected chi connectivity index (χ3v) is 3.47. The molecule has 1 fully saturated rings. The van der Waals surface area contributed by atoms with E-state index >= 15 is 0 Å². The summed E-state index contributed by atoms with van der Waals surface area (Å²) in [5.41, 5.74) is 6.64. The van der Waals surface area contributed by atoms with E-state index in [0.29, 0.717) is 16.7 Å². The number of halogens is 1. The van der Waals surface area contributed by atoms with Crippen LogP contribution in [0.2, 0.25) is 5.02 Å². The maximum Gasteiger partial charge on any atom is 0.193 e. The summed E-state index contributed by atoms with van der Waals surface area (Å²) in [6.45, 7) is 0.777. The van der Waals surface area contributed by atoms with E-state index in [9.17, 15) is 0 Å². The van der Waals surface area contributed by atoms with Crippen molar-refractivity contribution in [3.05, 3.63) is 23.2 Å². The Bertz CT molecular complexity index is 458. The Morgan fingerprint density at radius 3 is 2.95 bits per heavy atom. The molecule has 3 N–H and O–H groups in total. The molecule has 1 aromatic rings. The largest absolute Gasteiger partial charge is 0.495 e. The molecule has 1 aliphatic carbocycles. The van der Waals surface area contributed by atoms with Crippen LogP contribution in [0.5, 0.6) is 5.75 Å². The zero-order valence-corrected chi connectivity index (χ0v) is 11.9. The van der Waals surface area contributed by atoms with Gasteiger partial charge in [0.2, 0.25) is 0 Å². The minimum atomic E-state index is 0.428. The van der Waals surface area contributed by atoms with Gasteiger partial charge in [0.25, 0.3) is 0 Å². The Morgan fingerprint density at radius 2 is 2.32 bits per heavy atom. The topological polar surface area (TPSA) is 59.6 Å². The third-order valence-electron chi connectivity index (χ3n) is 3.17. The summed E-state index contributed by atoms with van der Waals surface area (Å²) in [6.07, 6.45) is 5.16. The Hall–Kier alpha value is -1.42. The molecule has 104 valence electrons. The quantitative estimate of drug-likeness (QED) is 0.478. The molecule has 2 rings (SSSR count). The van der Waals surface area contributed by atoms with Gasteiger partial charge in [0.05, 0.1) is 12.1 Å². The highest BCUT2D eigenvalue weighted by molar-refractivity contribution is 6.32. The number of aliphatic imine (C=N–C) groups is 1. The van der Waals surface area contributed by atoms with Gasteiger partial charge in [-0.25, -0.2) is 0 Å². The first-order chi connectivity index (χ1) is 9.19. The lowest BCUT2D eigenvalue weighted by Crippen LogP contribution is -2.22. The molecule has 0 radical (unpaired) electrons. The van der Waals surface area contributed by atoms with Gasteiger partial charge in [0.15, 0.2) is 5.96 Å². The highest BCUT2D eigenvalue weighted by Gasteiger charge is 2.19. The maximum atomic E-state index is 6.04. The molecule has 0 unspecified atom stereocenters. The highest BCUT2D eigenvalue weighted by atomic mass is 35.5. The molecule has 4 nitrogen and oxygen atoms in total. The highest BCUT2D eigenvalue weighted by Crippen LogP contribution is 2.33. The van der Waals surface area contributed by atoms with E-state index in [4.69, 9.17) is 22.1 Å². The average Bonchev–Trinajstić information content (AvgIpc) is 3.19. The molecule has 0 aliphatic heterocycles. The van der Waals surface area contributed by atoms with E-state index in [0.717, 1.165) is 24.6 Å². The number of methoxy groups -OCH3 is 1. The molecule has 0 amide bonds. The number of anilines is 1. The number of nitrogens with two attached hydrogens (primary N) is 1. The summed E-state index contributed by atoms with van der Waals surface area (Å²) in [5, 5.41) is 3.58. The van der Waals surface area contributed by atoms with Crippen molar-refractivity contribution < 1.29 is 4.74 Å². The first-order valence-electron chi connectivity index (χ1n) is 6.59. The summed E-state index contributed by atoms with van der Waals surface area (Å²) in [6, 6.07) is 5.43. The van der Waals surface area contributed by atoms with E-state index in [1.54, 1.807) is 19.2 Å². The first kappa shape index (κ1) is 14.0. The zero-order chi connectivity index (χ0) is 13.7. The van der Waals surface area contributed by atoms with Crippen molar-refractivity contribution in [1.29, 1.82) is 0 Å². The van der Waals surface area contributed by atoms with Crippen LogP contribution in [0.25, 0.3) is 0 Å². The Morgan fingerprint density at radius 1 is 1.53 bits per heavy atom. The predicted octanol–water partition coefficient (Wildman–Crippen LogP) is 3.27. The predicted molar refractivity (Wildman–Crippen MR) is 80.1 cm³/mol. The van der Waals surface area contributed by atoms with Gasteiger partial charge < -0.3 is 15.8 Å². The van der Waals surface area contributed by atoms with Crippen molar-refractivity contribution in [1.82, 2.24) is 0 Å². The Labute approximate surface area is 119 Å². The van der Waals surface area contributed by atoms with Gasteiger partial charge in [-0.05, 0) is 37.0 Å². The van der Waals surface area contributed by atoms with E-state index in [2.05, 4.69) is 10.3 Å². The van der Waals surface area contributed by atoms with Crippen LogP contribution in [0.4, 0.5) is 5.69 Å². The lowest BCUT2D eigenvalue weighted by molar-refractivity contribution is 0.415. The minimum absolute atomic E-state index is 0.428. The summed E-state index contributed by atoms with van der Waals surface area (Å²) in [4.78, 5) is 4.30. The van der Waals surface area contributed by atoms with Crippen LogP contribution >= 0.6 is 11.6 Å². The average molecular weight is 282 g/mol. The van der Waals surface area contributed by atoms with Crippen LogP contribution in [0.1, 0.15) is 25.7 Å². The van der Waals surface area contributed by atoms with E-state index in [1.165, 1.54) is 19.3 Å². The van der Waals surface area contributed by atoms with Gasteiger partial charge in [-0.3, -0.25) is 4.99 Å². The monoisotopic (exact) mass is 281 g/mol. The van der Waals surface area contributed by atoms with E-state index in [1.807, 2.05) is 6.07 Å². The molecule has 0 saturated heterocycles. The SMILES string of the molecule is COc1ccc(NC(N)=NCCCC2CC2)cc1Cl. The van der Waals surface area contributed by atoms with E-state index < -0.39 is 0 Å². The fraction of sp³-hybridized carbons (Fsp3) is 0.500. The number of ether oxygens (including phenoxy) is 1. The molecular weight excluding hydrogens is 262 g/mol. The van der Waals surface area contributed by atoms with Gasteiger partial charge >= 0.3 is 0 Å². The molecule has 19 heavy (non-hydrogen) atoms. The number of guanidine groups is 1. The summed E-state index contributed by atoms with van der Waals surface area (Å²) in [7, 11) is 1.59. The molecule has 0 spiro atoms. The number of nitrogens with one attached hydrogen (secondary N) is 1. The number of benzene rings is 1. The normalized spacial score (nSPS) is 15.4. The second kappa shape index (κ2) is 6.66. The van der Waals surface area contributed by atoms with Crippen LogP contribution in [0.3, 0.4) is 0 Å². The standard InChI is InChI=1S/C14H20ClN3O/c1-19-13-7-6-11(9-12(13)15)18-14(16)17-8-2-3-10-4-5-10/h6-7,9-10H,2-5,8H2,1H3,(H3,16,17,18). The fourth-order valence-electron chi connectivity index (χ4n) is 1.92. The van der Waals surface area contributed by atoms with Crippen LogP contribution in [0.15, 0.2) is 23.2 Å². The lowest BCUT2D eigenvalue weighted by Gasteiger charge is -2.08.